The van der Waals surface area contributed by atoms with Crippen LogP contribution in [0, 0.1) is 0 Å². The second-order valence-corrected chi connectivity index (χ2v) is 5.56. The summed E-state index contributed by atoms with van der Waals surface area (Å²) in [6, 6.07) is 4.82. The fraction of sp³-hybridized carbons (Fsp3) is 0.154. The topological polar surface area (TPSA) is 90.0 Å². The van der Waals surface area contributed by atoms with Crippen LogP contribution in [0.2, 0.25) is 5.02 Å². The summed E-state index contributed by atoms with van der Waals surface area (Å²) >= 11 is 8.94. The van der Waals surface area contributed by atoms with E-state index in [9.17, 15) is 9.59 Å². The number of halogens is 2. The summed E-state index contributed by atoms with van der Waals surface area (Å²) in [5, 5.41) is 3.14. The molecule has 0 aliphatic carbocycles. The Morgan fingerprint density at radius 2 is 2.24 bits per heavy atom. The Bertz CT molecular complexity index is 732. The average molecular weight is 372 g/mol. The summed E-state index contributed by atoms with van der Waals surface area (Å²) in [6.07, 6.45) is 2.91. The van der Waals surface area contributed by atoms with Crippen LogP contribution in [-0.4, -0.2) is 15.5 Å². The highest BCUT2D eigenvalue weighted by molar-refractivity contribution is 9.10. The number of carbonyl (C=O) groups is 1. The first-order valence-corrected chi connectivity index (χ1v) is 7.19. The number of amides is 1. The summed E-state index contributed by atoms with van der Waals surface area (Å²) in [6.45, 7) is 0.220. The summed E-state index contributed by atoms with van der Waals surface area (Å²) in [5.41, 5.74) is 6.38. The van der Waals surface area contributed by atoms with E-state index in [1.54, 1.807) is 18.2 Å². The van der Waals surface area contributed by atoms with Gasteiger partial charge in [0.15, 0.2) is 0 Å². The minimum Gasteiger partial charge on any atom is -0.397 e. The molecule has 0 aliphatic heterocycles. The van der Waals surface area contributed by atoms with Crippen molar-refractivity contribution < 1.29 is 4.79 Å². The monoisotopic (exact) mass is 370 g/mol. The molecule has 0 atom stereocenters. The molecule has 0 spiro atoms. The molecule has 0 aliphatic rings. The van der Waals surface area contributed by atoms with E-state index < -0.39 is 0 Å². The number of anilines is 2. The molecule has 110 valence electrons. The van der Waals surface area contributed by atoms with Crippen LogP contribution in [0.15, 0.2) is 40.0 Å². The fourth-order valence-electron chi connectivity index (χ4n) is 1.65. The third-order valence-electron chi connectivity index (χ3n) is 2.73. The van der Waals surface area contributed by atoms with Gasteiger partial charge in [-0.2, -0.15) is 0 Å². The molecule has 6 nitrogen and oxygen atoms in total. The molecular formula is C13H12BrClN4O2. The molecule has 21 heavy (non-hydrogen) atoms. The van der Waals surface area contributed by atoms with Crippen LogP contribution >= 0.6 is 27.5 Å². The average Bonchev–Trinajstić information content (AvgIpc) is 2.44. The Kier molecular flexibility index (Phi) is 4.98. The van der Waals surface area contributed by atoms with E-state index in [-0.39, 0.29) is 24.4 Å². The third kappa shape index (κ3) is 4.05. The maximum Gasteiger partial charge on any atom is 0.267 e. The van der Waals surface area contributed by atoms with Crippen LogP contribution in [0.1, 0.15) is 6.42 Å². The normalized spacial score (nSPS) is 10.4. The number of nitrogen functional groups attached to an aromatic ring is 1. The maximum absolute atomic E-state index is 11.9. The molecule has 0 saturated heterocycles. The number of nitrogens with zero attached hydrogens (tertiary/aromatic N) is 2. The molecule has 0 unspecified atom stereocenters. The summed E-state index contributed by atoms with van der Waals surface area (Å²) in [4.78, 5) is 27.5. The molecule has 0 bridgehead atoms. The third-order valence-corrected chi connectivity index (χ3v) is 3.51. The molecular weight excluding hydrogens is 360 g/mol. The van der Waals surface area contributed by atoms with Crippen molar-refractivity contribution in [3.63, 3.8) is 0 Å². The second kappa shape index (κ2) is 6.73. The number of rotatable bonds is 4. The lowest BCUT2D eigenvalue weighted by molar-refractivity contribution is -0.116. The van der Waals surface area contributed by atoms with Gasteiger partial charge in [-0.3, -0.25) is 14.2 Å². The van der Waals surface area contributed by atoms with Crippen molar-refractivity contribution in [3.8, 4) is 0 Å². The molecule has 1 aromatic heterocycles. The van der Waals surface area contributed by atoms with Crippen molar-refractivity contribution >= 4 is 44.8 Å². The highest BCUT2D eigenvalue weighted by atomic mass is 79.9. The minimum absolute atomic E-state index is 0.115. The number of aromatic nitrogens is 2. The van der Waals surface area contributed by atoms with Gasteiger partial charge in [-0.1, -0.05) is 11.6 Å². The van der Waals surface area contributed by atoms with Gasteiger partial charge in [0.25, 0.3) is 5.56 Å². The number of nitrogens with two attached hydrogens (primary N) is 1. The number of benzene rings is 1. The number of hydrogen-bond acceptors (Lipinski definition) is 4. The molecule has 0 saturated carbocycles. The first-order valence-electron chi connectivity index (χ1n) is 6.02. The summed E-state index contributed by atoms with van der Waals surface area (Å²) in [5.74, 6) is -0.268. The van der Waals surface area contributed by atoms with Gasteiger partial charge in [0.05, 0.1) is 17.7 Å². The molecule has 0 fully saturated rings. The van der Waals surface area contributed by atoms with E-state index in [0.29, 0.717) is 20.9 Å². The fourth-order valence-corrected chi connectivity index (χ4v) is 2.17. The van der Waals surface area contributed by atoms with Gasteiger partial charge in [0.2, 0.25) is 5.91 Å². The van der Waals surface area contributed by atoms with Gasteiger partial charge in [-0.25, -0.2) is 4.98 Å². The van der Waals surface area contributed by atoms with Crippen molar-refractivity contribution in [1.29, 1.82) is 0 Å². The molecule has 1 aromatic carbocycles. The number of aryl methyl sites for hydroxylation is 1. The van der Waals surface area contributed by atoms with Gasteiger partial charge >= 0.3 is 0 Å². The Morgan fingerprint density at radius 1 is 1.48 bits per heavy atom. The largest absolute Gasteiger partial charge is 0.397 e. The standard InChI is InChI=1S/C13H12BrClN4O2/c14-9-6-17-7-19(13(9)21)4-3-12(20)18-11-5-8(15)1-2-10(11)16/h1-2,5-7H,3-4,16H2,(H,18,20). The maximum atomic E-state index is 11.9. The highest BCUT2D eigenvalue weighted by Gasteiger charge is 2.08. The van der Waals surface area contributed by atoms with E-state index in [1.165, 1.54) is 17.1 Å². The minimum atomic E-state index is -0.268. The van der Waals surface area contributed by atoms with Crippen molar-refractivity contribution in [3.05, 3.63) is 50.6 Å². The van der Waals surface area contributed by atoms with Crippen LogP contribution in [0.4, 0.5) is 11.4 Å². The molecule has 1 heterocycles. The molecule has 8 heteroatoms. The Labute approximate surface area is 134 Å². The Hall–Kier alpha value is -1.86. The zero-order chi connectivity index (χ0) is 15.4. The van der Waals surface area contributed by atoms with E-state index in [0.717, 1.165) is 0 Å². The van der Waals surface area contributed by atoms with E-state index >= 15 is 0 Å². The van der Waals surface area contributed by atoms with Gasteiger partial charge in [0.1, 0.15) is 4.47 Å². The van der Waals surface area contributed by atoms with Crippen LogP contribution in [-0.2, 0) is 11.3 Å². The molecule has 2 rings (SSSR count). The van der Waals surface area contributed by atoms with Gasteiger partial charge in [-0.15, -0.1) is 0 Å². The zero-order valence-electron chi connectivity index (χ0n) is 10.8. The first-order chi connectivity index (χ1) is 9.97. The first kappa shape index (κ1) is 15.5. The van der Waals surface area contributed by atoms with Crippen molar-refractivity contribution in [2.45, 2.75) is 13.0 Å². The van der Waals surface area contributed by atoms with Crippen molar-refractivity contribution in [1.82, 2.24) is 9.55 Å². The predicted molar refractivity (Wildman–Crippen MR) is 85.3 cm³/mol. The molecule has 3 N–H and O–H groups in total. The molecule has 2 aromatic rings. The van der Waals surface area contributed by atoms with Crippen molar-refractivity contribution in [2.24, 2.45) is 0 Å². The van der Waals surface area contributed by atoms with E-state index in [2.05, 4.69) is 26.2 Å². The number of carbonyl (C=O) groups excluding carboxylic acids is 1. The van der Waals surface area contributed by atoms with Crippen LogP contribution in [0.3, 0.4) is 0 Å². The van der Waals surface area contributed by atoms with Crippen LogP contribution in [0.25, 0.3) is 0 Å². The number of hydrogen-bond donors (Lipinski definition) is 2. The van der Waals surface area contributed by atoms with Gasteiger partial charge in [-0.05, 0) is 34.1 Å². The Balaban J connectivity index is 2.01. The van der Waals surface area contributed by atoms with Gasteiger partial charge in [0, 0.05) is 24.2 Å². The zero-order valence-corrected chi connectivity index (χ0v) is 13.2. The quantitative estimate of drug-likeness (QED) is 0.807. The molecule has 0 radical (unpaired) electrons. The van der Waals surface area contributed by atoms with Gasteiger partial charge < -0.3 is 11.1 Å². The summed E-state index contributed by atoms with van der Waals surface area (Å²) < 4.78 is 1.70. The SMILES string of the molecule is Nc1ccc(Cl)cc1NC(=O)CCn1cncc(Br)c1=O. The lowest BCUT2D eigenvalue weighted by atomic mass is 10.2. The smallest absolute Gasteiger partial charge is 0.267 e. The second-order valence-electron chi connectivity index (χ2n) is 4.27. The Morgan fingerprint density at radius 3 is 3.00 bits per heavy atom. The van der Waals surface area contributed by atoms with Crippen LogP contribution < -0.4 is 16.6 Å². The number of nitrogens with one attached hydrogen (secondary N) is 1. The molecule has 1 amide bonds. The predicted octanol–water partition coefficient (Wildman–Crippen LogP) is 2.27. The summed E-state index contributed by atoms with van der Waals surface area (Å²) in [7, 11) is 0. The lowest BCUT2D eigenvalue weighted by Crippen LogP contribution is -2.23. The van der Waals surface area contributed by atoms with Crippen LogP contribution in [0.5, 0.6) is 0 Å². The van der Waals surface area contributed by atoms with E-state index in [1.807, 2.05) is 0 Å². The van der Waals surface area contributed by atoms with E-state index in [4.69, 9.17) is 17.3 Å². The lowest BCUT2D eigenvalue weighted by Gasteiger charge is -2.09. The highest BCUT2D eigenvalue weighted by Crippen LogP contribution is 2.22. The van der Waals surface area contributed by atoms with Crippen molar-refractivity contribution in [2.75, 3.05) is 11.1 Å².